The van der Waals surface area contributed by atoms with E-state index in [9.17, 15) is 23.3 Å². The molecule has 2 aliphatic carbocycles. The van der Waals surface area contributed by atoms with Crippen LogP contribution in [-0.2, 0) is 19.5 Å². The van der Waals surface area contributed by atoms with Gasteiger partial charge < -0.3 is 34.3 Å². The number of sulfonamides is 1. The summed E-state index contributed by atoms with van der Waals surface area (Å²) < 4.78 is 47.3. The van der Waals surface area contributed by atoms with Crippen LogP contribution in [0.1, 0.15) is 84.8 Å². The lowest BCUT2D eigenvalue weighted by atomic mass is 9.59. The van der Waals surface area contributed by atoms with E-state index in [2.05, 4.69) is 63.9 Å². The first-order valence-electron chi connectivity index (χ1n) is 22.4. The van der Waals surface area contributed by atoms with Crippen LogP contribution >= 0.6 is 0 Å². The molecule has 1 atom stereocenters. The van der Waals surface area contributed by atoms with Crippen molar-refractivity contribution in [2.45, 2.75) is 79.8 Å². The average Bonchev–Trinajstić information content (AvgIpc) is 4.06. The Bertz CT molecular complexity index is 2770. The van der Waals surface area contributed by atoms with Gasteiger partial charge in [0, 0.05) is 55.1 Å². The first kappa shape index (κ1) is 42.8. The molecule has 2 aromatic carbocycles. The molecule has 5 aliphatic rings. The van der Waals surface area contributed by atoms with Gasteiger partial charge in [-0.05, 0) is 85.3 Å². The number of nitrogens with one attached hydrogen (secondary N) is 3. The van der Waals surface area contributed by atoms with E-state index in [0.29, 0.717) is 49.4 Å². The van der Waals surface area contributed by atoms with Crippen molar-refractivity contribution in [3.63, 3.8) is 0 Å². The molecule has 3 N–H and O–H groups in total. The van der Waals surface area contributed by atoms with Crippen LogP contribution in [-0.4, -0.2) is 103 Å². The molecule has 5 fully saturated rings. The van der Waals surface area contributed by atoms with Crippen LogP contribution in [0.15, 0.2) is 84.1 Å². The number of carbonyl (C=O) groups is 1. The molecule has 10 rings (SSSR count). The molecule has 1 amide bonds. The van der Waals surface area contributed by atoms with Gasteiger partial charge in [0.15, 0.2) is 0 Å². The Morgan fingerprint density at radius 1 is 0.969 bits per heavy atom. The van der Waals surface area contributed by atoms with Crippen molar-refractivity contribution in [2.24, 2.45) is 5.41 Å². The number of aromatic amines is 1. The Morgan fingerprint density at radius 3 is 2.51 bits per heavy atom. The minimum absolute atomic E-state index is 0.0615. The van der Waals surface area contributed by atoms with Crippen LogP contribution in [0, 0.1) is 22.1 Å². The predicted octanol–water partition coefficient (Wildman–Crippen LogP) is 7.36. The lowest BCUT2D eigenvalue weighted by molar-refractivity contribution is -0.384. The monoisotopic (exact) mass is 901 g/mol. The zero-order valence-electron chi connectivity index (χ0n) is 35.9. The van der Waals surface area contributed by atoms with Gasteiger partial charge >= 0.3 is 5.69 Å². The number of hydrogen-bond acceptors (Lipinski definition) is 13. The summed E-state index contributed by atoms with van der Waals surface area (Å²) in [6.07, 6.45) is 12.0. The predicted molar refractivity (Wildman–Crippen MR) is 242 cm³/mol. The van der Waals surface area contributed by atoms with Gasteiger partial charge in [0.25, 0.3) is 21.5 Å². The van der Waals surface area contributed by atoms with E-state index in [1.165, 1.54) is 36.2 Å². The van der Waals surface area contributed by atoms with Crippen LogP contribution < -0.4 is 19.7 Å². The van der Waals surface area contributed by atoms with Gasteiger partial charge in [0.2, 0.25) is 5.82 Å². The number of ether oxygens (including phenoxy) is 3. The van der Waals surface area contributed by atoms with Crippen molar-refractivity contribution < 1.29 is 32.3 Å². The fraction of sp³-hybridized carbons (Fsp3) is 0.447. The highest BCUT2D eigenvalue weighted by molar-refractivity contribution is 7.90. The van der Waals surface area contributed by atoms with Crippen molar-refractivity contribution in [2.75, 3.05) is 62.8 Å². The number of nitrogens with zero attached hydrogens (tertiary/aromatic N) is 6. The lowest BCUT2D eigenvalue weighted by Gasteiger charge is -2.57. The number of anilines is 2. The summed E-state index contributed by atoms with van der Waals surface area (Å²) in [7, 11) is -4.67. The Balaban J connectivity index is 0.846. The van der Waals surface area contributed by atoms with Crippen LogP contribution in [0.4, 0.5) is 17.2 Å². The van der Waals surface area contributed by atoms with Gasteiger partial charge in [-0.1, -0.05) is 24.3 Å². The number of pyridine rings is 2. The molecule has 5 aromatic rings. The molecule has 2 saturated carbocycles. The molecule has 6 heterocycles. The molecule has 65 heavy (non-hydrogen) atoms. The Kier molecular flexibility index (Phi) is 11.4. The SMILES string of the molecule is [C-]#[N+]C1(CNc2ncc(S(=O)(=O)NC(=O)c3ccc(N4CCC5(CC4)CC(N4CCOC[C@H]4c4ccccc4C4CC4)C5)cc3Oc3cnc4[nH]ccc4c3)cc2[N+](=O)[O-])CCOCC1. The van der Waals surface area contributed by atoms with Crippen LogP contribution in [0.25, 0.3) is 15.9 Å². The maximum atomic E-state index is 14.0. The van der Waals surface area contributed by atoms with Crippen molar-refractivity contribution in [1.29, 1.82) is 0 Å². The summed E-state index contributed by atoms with van der Waals surface area (Å²) in [6.45, 7) is 12.6. The molecule has 17 nitrogen and oxygen atoms in total. The summed E-state index contributed by atoms with van der Waals surface area (Å²) in [5.41, 5.74) is 3.15. The van der Waals surface area contributed by atoms with Gasteiger partial charge in [-0.3, -0.25) is 19.8 Å². The molecule has 338 valence electrons. The van der Waals surface area contributed by atoms with Gasteiger partial charge in [-0.2, -0.15) is 0 Å². The highest BCUT2D eigenvalue weighted by Crippen LogP contribution is 2.54. The largest absolute Gasteiger partial charge is 0.455 e. The fourth-order valence-electron chi connectivity index (χ4n) is 10.2. The molecular formula is C47H51N9O8S. The molecule has 0 bridgehead atoms. The minimum Gasteiger partial charge on any atom is -0.455 e. The third kappa shape index (κ3) is 8.73. The Labute approximate surface area is 376 Å². The second kappa shape index (κ2) is 17.3. The third-order valence-corrected chi connectivity index (χ3v) is 15.5. The Morgan fingerprint density at radius 2 is 1.75 bits per heavy atom. The first-order valence-corrected chi connectivity index (χ1v) is 23.8. The van der Waals surface area contributed by atoms with Gasteiger partial charge in [0.05, 0.1) is 74.7 Å². The second-order valence-corrected chi connectivity index (χ2v) is 19.9. The van der Waals surface area contributed by atoms with E-state index in [1.807, 2.05) is 6.07 Å². The van der Waals surface area contributed by atoms with E-state index in [-0.39, 0.29) is 35.1 Å². The standard InChI is InChI=1S/C47H51N9O8S/c1-48-47(13-19-62-20-14-47)30-52-44-40(56(58)59)24-36(28-51-44)65(60,61)53-45(57)39-9-8-33(23-42(39)64-35-22-32-10-15-49-43(32)50-27-35)54-16-11-46(12-17-54)25-34(26-46)55-18-21-63-29-41(55)38-5-3-2-4-37(38)31-6-7-31/h2-5,8-10,15,22-24,27-28,31,34,41H,6-7,11-14,16-21,25-26,29-30H2,(H,49,50)(H,51,52)(H,53,57)/t41-/m0/s1. The first-order chi connectivity index (χ1) is 31.5. The number of benzene rings is 2. The average molecular weight is 902 g/mol. The summed E-state index contributed by atoms with van der Waals surface area (Å²) in [5, 5.41) is 15.8. The van der Waals surface area contributed by atoms with Crippen molar-refractivity contribution in [3.8, 4) is 11.5 Å². The van der Waals surface area contributed by atoms with Gasteiger partial charge in [0.1, 0.15) is 22.0 Å². The van der Waals surface area contributed by atoms with Gasteiger partial charge in [-0.25, -0.2) is 29.7 Å². The second-order valence-electron chi connectivity index (χ2n) is 18.2. The number of H-pyrrole nitrogens is 1. The van der Waals surface area contributed by atoms with Crippen molar-refractivity contribution >= 4 is 44.2 Å². The fourth-order valence-corrected chi connectivity index (χ4v) is 11.2. The smallest absolute Gasteiger partial charge is 0.312 e. The molecule has 3 aliphatic heterocycles. The summed E-state index contributed by atoms with van der Waals surface area (Å²) >= 11 is 0. The zero-order valence-corrected chi connectivity index (χ0v) is 36.7. The number of morpholine rings is 1. The molecule has 1 spiro atoms. The maximum Gasteiger partial charge on any atom is 0.312 e. The van der Waals surface area contributed by atoms with Crippen molar-refractivity contribution in [1.82, 2.24) is 24.6 Å². The summed E-state index contributed by atoms with van der Waals surface area (Å²) in [4.78, 5) is 45.1. The number of amides is 1. The van der Waals surface area contributed by atoms with Crippen LogP contribution in [0.3, 0.4) is 0 Å². The van der Waals surface area contributed by atoms with E-state index in [0.717, 1.165) is 81.9 Å². The third-order valence-electron chi connectivity index (χ3n) is 14.2. The minimum atomic E-state index is -4.67. The summed E-state index contributed by atoms with van der Waals surface area (Å²) in [5.74, 6) is -0.0471. The van der Waals surface area contributed by atoms with E-state index >= 15 is 0 Å². The number of rotatable bonds is 13. The van der Waals surface area contributed by atoms with Gasteiger partial charge in [-0.15, -0.1) is 0 Å². The molecule has 0 radical (unpaired) electrons. The van der Waals surface area contributed by atoms with Crippen LogP contribution in [0.5, 0.6) is 11.5 Å². The molecule has 18 heteroatoms. The zero-order chi connectivity index (χ0) is 44.8. The maximum absolute atomic E-state index is 14.0. The molecular weight excluding hydrogens is 851 g/mol. The molecule has 3 aromatic heterocycles. The molecule has 3 saturated heterocycles. The lowest BCUT2D eigenvalue weighted by Crippen LogP contribution is -2.58. The Hall–Kier alpha value is -6.13. The van der Waals surface area contributed by atoms with E-state index < -0.39 is 37.0 Å². The van der Waals surface area contributed by atoms with E-state index in [4.69, 9.17) is 20.8 Å². The number of aromatic nitrogens is 3. The number of fused-ring (bicyclic) bond motifs is 1. The van der Waals surface area contributed by atoms with Crippen LogP contribution in [0.2, 0.25) is 0 Å². The number of hydrogen-bond donors (Lipinski definition) is 3. The normalized spacial score (nSPS) is 21.0. The highest BCUT2D eigenvalue weighted by Gasteiger charge is 2.50. The number of carbonyl (C=O) groups excluding carboxylic acids is 1. The number of piperidine rings is 1. The summed E-state index contributed by atoms with van der Waals surface area (Å²) in [6, 6.07) is 19.3. The topological polar surface area (TPSA) is 199 Å². The van der Waals surface area contributed by atoms with E-state index in [1.54, 1.807) is 24.4 Å². The van der Waals surface area contributed by atoms with Crippen molar-refractivity contribution in [3.05, 3.63) is 117 Å². The number of nitro groups is 1. The molecule has 0 unspecified atom stereocenters. The highest BCUT2D eigenvalue weighted by atomic mass is 32.2. The quantitative estimate of drug-likeness (QED) is 0.0603.